The number of nitrogens with one attached hydrogen (secondary N) is 1. The van der Waals surface area contributed by atoms with Crippen LogP contribution in [0.5, 0.6) is 5.75 Å². The molecule has 1 saturated heterocycles. The Labute approximate surface area is 207 Å². The van der Waals surface area contributed by atoms with E-state index in [1.165, 1.54) is 0 Å². The van der Waals surface area contributed by atoms with Gasteiger partial charge >= 0.3 is 6.03 Å². The summed E-state index contributed by atoms with van der Waals surface area (Å²) in [4.78, 5) is 15.1. The molecule has 2 aliphatic heterocycles. The second-order valence-electron chi connectivity index (χ2n) is 8.88. The Kier molecular flexibility index (Phi) is 6.32. The summed E-state index contributed by atoms with van der Waals surface area (Å²) in [5, 5.41) is 32.0. The van der Waals surface area contributed by atoms with E-state index in [0.717, 1.165) is 17.0 Å². The summed E-state index contributed by atoms with van der Waals surface area (Å²) in [5.74, 6) is 1.97. The van der Waals surface area contributed by atoms with Gasteiger partial charge < -0.3 is 24.6 Å². The maximum Gasteiger partial charge on any atom is 0.318 e. The monoisotopic (exact) mass is 492 g/mol. The molecular formula is C25H25ClN6O3. The van der Waals surface area contributed by atoms with E-state index in [1.54, 1.807) is 17.0 Å². The molecule has 0 bridgehead atoms. The van der Waals surface area contributed by atoms with Crippen LogP contribution in [0.3, 0.4) is 0 Å². The molecule has 1 fully saturated rings. The number of urea groups is 1. The fourth-order valence-corrected chi connectivity index (χ4v) is 4.86. The van der Waals surface area contributed by atoms with Gasteiger partial charge in [0.15, 0.2) is 5.82 Å². The molecular weight excluding hydrogens is 468 g/mol. The van der Waals surface area contributed by atoms with Crippen molar-refractivity contribution in [2.24, 2.45) is 0 Å². The van der Waals surface area contributed by atoms with Crippen molar-refractivity contribution < 1.29 is 14.6 Å². The second kappa shape index (κ2) is 9.56. The number of aliphatic hydroxyl groups is 1. The maximum atomic E-state index is 13.4. The molecule has 2 amide bonds. The Morgan fingerprint density at radius 2 is 2.09 bits per heavy atom. The number of halogens is 1. The minimum Gasteiger partial charge on any atom is -0.493 e. The average molecular weight is 493 g/mol. The fourth-order valence-electron chi connectivity index (χ4n) is 4.74. The molecule has 0 radical (unpaired) electrons. The molecule has 2 aromatic carbocycles. The zero-order valence-electron chi connectivity index (χ0n) is 19.2. The molecule has 10 heteroatoms. The van der Waals surface area contributed by atoms with Gasteiger partial charge in [0, 0.05) is 30.0 Å². The number of amides is 2. The van der Waals surface area contributed by atoms with Crippen molar-refractivity contribution >= 4 is 17.6 Å². The second-order valence-corrected chi connectivity index (χ2v) is 9.32. The van der Waals surface area contributed by atoms with Gasteiger partial charge in [-0.3, -0.25) is 0 Å². The Morgan fingerprint density at radius 1 is 1.29 bits per heavy atom. The molecule has 180 valence electrons. The summed E-state index contributed by atoms with van der Waals surface area (Å²) in [6.45, 7) is 3.04. The van der Waals surface area contributed by atoms with Gasteiger partial charge in [-0.1, -0.05) is 29.8 Å². The van der Waals surface area contributed by atoms with Gasteiger partial charge in [0.05, 0.1) is 43.0 Å². The van der Waals surface area contributed by atoms with Crippen molar-refractivity contribution in [1.29, 1.82) is 5.26 Å². The first kappa shape index (κ1) is 23.1. The third-order valence-corrected chi connectivity index (χ3v) is 6.79. The average Bonchev–Trinajstić information content (AvgIpc) is 3.42. The van der Waals surface area contributed by atoms with Crippen molar-refractivity contribution in [3.63, 3.8) is 0 Å². The minimum atomic E-state index is -0.660. The van der Waals surface area contributed by atoms with Crippen LogP contribution in [0.2, 0.25) is 5.02 Å². The number of aromatic nitrogens is 3. The number of nitriles is 1. The molecule has 2 N–H and O–H groups in total. The molecule has 2 aliphatic rings. The lowest BCUT2D eigenvalue weighted by molar-refractivity contribution is 0.163. The lowest BCUT2D eigenvalue weighted by atomic mass is 9.99. The number of likely N-dealkylation sites (tertiary alicyclic amines) is 1. The van der Waals surface area contributed by atoms with E-state index in [-0.39, 0.29) is 18.6 Å². The van der Waals surface area contributed by atoms with Crippen LogP contribution in [0, 0.1) is 18.3 Å². The number of ether oxygens (including phenoxy) is 1. The van der Waals surface area contributed by atoms with Gasteiger partial charge in [-0.15, -0.1) is 10.2 Å². The number of β-amino-alcohol motifs (C(OH)–C–C–N with tert-alkyl or cyclic N) is 1. The lowest BCUT2D eigenvalue weighted by Crippen LogP contribution is -2.43. The van der Waals surface area contributed by atoms with Crippen LogP contribution in [0.25, 0.3) is 0 Å². The van der Waals surface area contributed by atoms with Crippen LogP contribution in [0.4, 0.5) is 4.79 Å². The molecule has 0 saturated carbocycles. The van der Waals surface area contributed by atoms with Crippen molar-refractivity contribution in [3.05, 3.63) is 75.8 Å². The summed E-state index contributed by atoms with van der Waals surface area (Å²) in [5.41, 5.74) is 2.37. The van der Waals surface area contributed by atoms with E-state index in [4.69, 9.17) is 21.6 Å². The number of nitrogens with zero attached hydrogens (tertiary/aromatic N) is 5. The van der Waals surface area contributed by atoms with Gasteiger partial charge in [0.1, 0.15) is 11.6 Å². The maximum absolute atomic E-state index is 13.4. The Hall–Kier alpha value is -3.61. The molecule has 5 rings (SSSR count). The number of hydrogen-bond donors (Lipinski definition) is 2. The number of benzene rings is 2. The third-order valence-electron chi connectivity index (χ3n) is 6.54. The molecule has 0 spiro atoms. The fraction of sp³-hybridized carbons (Fsp3) is 0.360. The van der Waals surface area contributed by atoms with E-state index in [0.29, 0.717) is 48.2 Å². The minimum absolute atomic E-state index is 0.201. The van der Waals surface area contributed by atoms with Gasteiger partial charge in [-0.05, 0) is 36.8 Å². The molecule has 3 heterocycles. The highest BCUT2D eigenvalue weighted by Crippen LogP contribution is 2.35. The third kappa shape index (κ3) is 4.67. The first-order chi connectivity index (χ1) is 16.9. The quantitative estimate of drug-likeness (QED) is 0.575. The number of carbonyl (C=O) groups excluding carboxylic acids is 1. The summed E-state index contributed by atoms with van der Waals surface area (Å²) in [6, 6.07) is 13.9. The number of fused-ring (bicyclic) bond motifs is 1. The van der Waals surface area contributed by atoms with Crippen LogP contribution in [-0.4, -0.2) is 50.1 Å². The zero-order chi connectivity index (χ0) is 24.5. The highest BCUT2D eigenvalue weighted by Gasteiger charge is 2.39. The molecule has 35 heavy (non-hydrogen) atoms. The topological polar surface area (TPSA) is 116 Å². The van der Waals surface area contributed by atoms with E-state index >= 15 is 0 Å². The number of rotatable bonds is 4. The SMILES string of the molecule is Cc1nnc(C2C[C@H](O)CN2C(=O)NC2CCOc3cc(C#N)ccc32)n1Cc1ccc(Cl)cc1. The lowest BCUT2D eigenvalue weighted by Gasteiger charge is -2.30. The summed E-state index contributed by atoms with van der Waals surface area (Å²) in [7, 11) is 0. The van der Waals surface area contributed by atoms with Crippen LogP contribution in [0.15, 0.2) is 42.5 Å². The molecule has 0 aliphatic carbocycles. The summed E-state index contributed by atoms with van der Waals surface area (Å²) >= 11 is 6.02. The smallest absolute Gasteiger partial charge is 0.318 e. The Morgan fingerprint density at radius 3 is 2.86 bits per heavy atom. The number of aliphatic hydroxyl groups excluding tert-OH is 1. The first-order valence-corrected chi connectivity index (χ1v) is 11.9. The van der Waals surface area contributed by atoms with Gasteiger partial charge in [0.25, 0.3) is 0 Å². The van der Waals surface area contributed by atoms with E-state index in [9.17, 15) is 9.90 Å². The van der Waals surface area contributed by atoms with Crippen molar-refractivity contribution in [2.45, 2.75) is 44.5 Å². The molecule has 9 nitrogen and oxygen atoms in total. The number of aryl methyl sites for hydroxylation is 1. The summed E-state index contributed by atoms with van der Waals surface area (Å²) < 4.78 is 7.68. The summed E-state index contributed by atoms with van der Waals surface area (Å²) in [6.07, 6.45) is 0.325. The van der Waals surface area contributed by atoms with Crippen LogP contribution >= 0.6 is 11.6 Å². The number of hydrogen-bond acceptors (Lipinski definition) is 6. The van der Waals surface area contributed by atoms with E-state index < -0.39 is 12.1 Å². The molecule has 1 aromatic heterocycles. The Bertz CT molecular complexity index is 1290. The predicted octanol–water partition coefficient (Wildman–Crippen LogP) is 3.50. The predicted molar refractivity (Wildman–Crippen MR) is 128 cm³/mol. The van der Waals surface area contributed by atoms with Crippen molar-refractivity contribution in [1.82, 2.24) is 25.0 Å². The molecule has 2 unspecified atom stereocenters. The van der Waals surface area contributed by atoms with Crippen LogP contribution in [-0.2, 0) is 6.54 Å². The highest BCUT2D eigenvalue weighted by atomic mass is 35.5. The molecule has 3 aromatic rings. The van der Waals surface area contributed by atoms with Crippen molar-refractivity contribution in [2.75, 3.05) is 13.2 Å². The van der Waals surface area contributed by atoms with E-state index in [2.05, 4.69) is 21.6 Å². The van der Waals surface area contributed by atoms with Crippen LogP contribution < -0.4 is 10.1 Å². The van der Waals surface area contributed by atoms with Gasteiger partial charge in [0.2, 0.25) is 0 Å². The first-order valence-electron chi connectivity index (χ1n) is 11.5. The van der Waals surface area contributed by atoms with E-state index in [1.807, 2.05) is 41.8 Å². The Balaban J connectivity index is 1.38. The molecule has 3 atom stereocenters. The highest BCUT2D eigenvalue weighted by molar-refractivity contribution is 6.30. The zero-order valence-corrected chi connectivity index (χ0v) is 19.9. The van der Waals surface area contributed by atoms with Crippen LogP contribution in [0.1, 0.15) is 53.3 Å². The van der Waals surface area contributed by atoms with Gasteiger partial charge in [-0.25, -0.2) is 4.79 Å². The van der Waals surface area contributed by atoms with Gasteiger partial charge in [-0.2, -0.15) is 5.26 Å². The normalized spacial score (nSPS) is 21.2. The largest absolute Gasteiger partial charge is 0.493 e. The number of carbonyl (C=O) groups is 1. The standard InChI is InChI=1S/C25H25ClN6O3/c1-15-29-30-24(31(15)13-16-2-5-18(26)6-3-16)22-11-19(33)14-32(22)25(34)28-21-8-9-35-23-10-17(12-27)4-7-20(21)23/h2-7,10,19,21-22,33H,8-9,11,13-14H2,1H3,(H,28,34)/t19-,21?,22?/m0/s1. The van der Waals surface area contributed by atoms with Crippen molar-refractivity contribution in [3.8, 4) is 11.8 Å².